The van der Waals surface area contributed by atoms with Gasteiger partial charge < -0.3 is 20.5 Å². The summed E-state index contributed by atoms with van der Waals surface area (Å²) < 4.78 is 39.8. The highest BCUT2D eigenvalue weighted by molar-refractivity contribution is 6.33. The molecule has 0 spiro atoms. The van der Waals surface area contributed by atoms with E-state index in [4.69, 9.17) is 28.3 Å². The lowest BCUT2D eigenvalue weighted by Crippen LogP contribution is -2.20. The van der Waals surface area contributed by atoms with Gasteiger partial charge in [0.15, 0.2) is 0 Å². The summed E-state index contributed by atoms with van der Waals surface area (Å²) in [6.45, 7) is -0.0670. The van der Waals surface area contributed by atoms with Crippen molar-refractivity contribution in [1.82, 2.24) is 10.3 Å². The van der Waals surface area contributed by atoms with Gasteiger partial charge in [-0.05, 0) is 36.4 Å². The molecular formula is C23H14Cl2F3N3O4. The first-order valence-corrected chi connectivity index (χ1v) is 10.4. The van der Waals surface area contributed by atoms with Crippen LogP contribution >= 0.6 is 23.2 Å². The normalized spacial score (nSPS) is 11.4. The van der Waals surface area contributed by atoms with E-state index in [2.05, 4.69) is 10.3 Å². The second-order valence-electron chi connectivity index (χ2n) is 7.08. The molecule has 180 valence electrons. The van der Waals surface area contributed by atoms with Crippen molar-refractivity contribution in [3.05, 3.63) is 79.6 Å². The summed E-state index contributed by atoms with van der Waals surface area (Å²) in [6.07, 6.45) is -3.16. The highest BCUT2D eigenvalue weighted by atomic mass is 35.5. The Bertz CT molecular complexity index is 1440. The van der Waals surface area contributed by atoms with E-state index in [1.54, 1.807) is 6.07 Å². The van der Waals surface area contributed by atoms with Crippen molar-refractivity contribution >= 4 is 35.4 Å². The van der Waals surface area contributed by atoms with Crippen molar-refractivity contribution < 1.29 is 28.2 Å². The second-order valence-corrected chi connectivity index (χ2v) is 7.93. The number of carboxylic acid groups (broad SMARTS) is 1. The van der Waals surface area contributed by atoms with E-state index >= 15 is 0 Å². The number of phenols is 1. The Balaban J connectivity index is 2.21. The minimum absolute atomic E-state index is 0.00859. The Morgan fingerprint density at radius 2 is 1.86 bits per heavy atom. The molecule has 7 nitrogen and oxygen atoms in total. The number of hydrogen-bond acceptors (Lipinski definition) is 4. The van der Waals surface area contributed by atoms with Gasteiger partial charge in [-0.15, -0.1) is 0 Å². The minimum atomic E-state index is -4.70. The number of aromatic amines is 1. The van der Waals surface area contributed by atoms with Gasteiger partial charge in [0, 0.05) is 38.8 Å². The molecule has 0 unspecified atom stereocenters. The highest BCUT2D eigenvalue weighted by Crippen LogP contribution is 2.39. The highest BCUT2D eigenvalue weighted by Gasteiger charge is 2.31. The van der Waals surface area contributed by atoms with Crippen molar-refractivity contribution in [2.45, 2.75) is 6.18 Å². The Morgan fingerprint density at radius 1 is 1.14 bits per heavy atom. The summed E-state index contributed by atoms with van der Waals surface area (Å²) in [7, 11) is 0. The molecule has 0 saturated carbocycles. The number of amides is 1. The largest absolute Gasteiger partial charge is 0.507 e. The predicted octanol–water partition coefficient (Wildman–Crippen LogP) is 5.89. The van der Waals surface area contributed by atoms with Crippen LogP contribution < -0.4 is 10.9 Å². The number of nitrogens with one attached hydrogen (secondary N) is 2. The number of rotatable bonds is 5. The number of nitriles is 1. The van der Waals surface area contributed by atoms with Crippen molar-refractivity contribution in [3.63, 3.8) is 0 Å². The second kappa shape index (κ2) is 10.1. The molecule has 3 rings (SSSR count). The molecule has 2 aromatic carbocycles. The average Bonchev–Trinajstić information content (AvgIpc) is 2.77. The van der Waals surface area contributed by atoms with Crippen LogP contribution in [0.3, 0.4) is 0 Å². The molecule has 12 heteroatoms. The van der Waals surface area contributed by atoms with Gasteiger partial charge in [-0.1, -0.05) is 35.4 Å². The van der Waals surface area contributed by atoms with Gasteiger partial charge in [0.05, 0.1) is 11.3 Å². The third-order valence-electron chi connectivity index (χ3n) is 4.79. The van der Waals surface area contributed by atoms with Crippen LogP contribution in [0.4, 0.5) is 18.0 Å². The van der Waals surface area contributed by atoms with Crippen LogP contribution in [-0.2, 0) is 6.18 Å². The summed E-state index contributed by atoms with van der Waals surface area (Å²) in [5.41, 5.74) is -2.67. The first kappa shape index (κ1) is 25.7. The fraction of sp³-hybridized carbons (Fsp3) is 0.0870. The average molecular weight is 524 g/mol. The molecule has 0 fully saturated rings. The van der Waals surface area contributed by atoms with Crippen LogP contribution in [0.5, 0.6) is 5.75 Å². The summed E-state index contributed by atoms with van der Waals surface area (Å²) in [5.74, 6) is -0.359. The van der Waals surface area contributed by atoms with Gasteiger partial charge in [0.1, 0.15) is 17.4 Å². The molecule has 0 aliphatic rings. The number of phenolic OH excluding ortho intramolecular Hbond substituents is 1. The maximum atomic E-state index is 13.3. The smallest absolute Gasteiger partial charge is 0.416 e. The number of H-pyrrole nitrogens is 1. The van der Waals surface area contributed by atoms with Crippen molar-refractivity contribution in [2.24, 2.45) is 0 Å². The van der Waals surface area contributed by atoms with Gasteiger partial charge in [-0.3, -0.25) is 4.79 Å². The van der Waals surface area contributed by atoms with Crippen molar-refractivity contribution in [2.75, 3.05) is 6.54 Å². The van der Waals surface area contributed by atoms with Crippen LogP contribution in [0.2, 0.25) is 10.0 Å². The minimum Gasteiger partial charge on any atom is -0.507 e. The lowest BCUT2D eigenvalue weighted by Gasteiger charge is -2.14. The molecule has 0 radical (unpaired) electrons. The fourth-order valence-corrected chi connectivity index (χ4v) is 3.67. The first-order chi connectivity index (χ1) is 16.4. The molecule has 0 aliphatic carbocycles. The van der Waals surface area contributed by atoms with Gasteiger partial charge in [0.2, 0.25) is 0 Å². The number of benzene rings is 2. The molecule has 0 aliphatic heterocycles. The Labute approximate surface area is 205 Å². The van der Waals surface area contributed by atoms with E-state index in [-0.39, 0.29) is 50.3 Å². The zero-order valence-electron chi connectivity index (χ0n) is 17.4. The predicted molar refractivity (Wildman–Crippen MR) is 124 cm³/mol. The van der Waals surface area contributed by atoms with E-state index < -0.39 is 29.0 Å². The number of aromatic nitrogens is 1. The van der Waals surface area contributed by atoms with Gasteiger partial charge >= 0.3 is 12.3 Å². The Kier molecular flexibility index (Phi) is 7.43. The molecule has 3 aromatic rings. The van der Waals surface area contributed by atoms with Crippen molar-refractivity contribution in [3.8, 4) is 34.2 Å². The summed E-state index contributed by atoms with van der Waals surface area (Å²) in [6, 6.07) is 8.07. The number of carbonyl (C=O) groups is 1. The number of nitrogens with zero attached hydrogens (tertiary/aromatic N) is 1. The number of pyridine rings is 1. The fourth-order valence-electron chi connectivity index (χ4n) is 3.22. The van der Waals surface area contributed by atoms with Gasteiger partial charge in [-0.2, -0.15) is 18.4 Å². The zero-order valence-corrected chi connectivity index (χ0v) is 18.9. The SMILES string of the molecule is N#Cc1c(-c2cc(C(F)(F)F)ccc2Cl)cc(-c2cc(Cl)cc(C=CCNC(=O)O)c2O)[nH]c1=O. The number of halogens is 5. The maximum absolute atomic E-state index is 13.3. The summed E-state index contributed by atoms with van der Waals surface area (Å²) in [4.78, 5) is 25.6. The molecule has 1 heterocycles. The van der Waals surface area contributed by atoms with Gasteiger partial charge in [-0.25, -0.2) is 4.79 Å². The molecular weight excluding hydrogens is 510 g/mol. The first-order valence-electron chi connectivity index (χ1n) is 9.63. The Morgan fingerprint density at radius 3 is 2.49 bits per heavy atom. The van der Waals surface area contributed by atoms with Crippen LogP contribution in [0.1, 0.15) is 16.7 Å². The number of aromatic hydroxyl groups is 1. The lowest BCUT2D eigenvalue weighted by molar-refractivity contribution is -0.137. The maximum Gasteiger partial charge on any atom is 0.416 e. The van der Waals surface area contributed by atoms with E-state index in [0.29, 0.717) is 0 Å². The summed E-state index contributed by atoms with van der Waals surface area (Å²) >= 11 is 12.3. The molecule has 1 amide bonds. The molecule has 35 heavy (non-hydrogen) atoms. The van der Waals surface area contributed by atoms with E-state index in [0.717, 1.165) is 18.2 Å². The number of hydrogen-bond donors (Lipinski definition) is 4. The third-order valence-corrected chi connectivity index (χ3v) is 5.34. The molecule has 1 aromatic heterocycles. The molecule has 0 saturated heterocycles. The van der Waals surface area contributed by atoms with Crippen LogP contribution in [0.15, 0.2) is 47.3 Å². The molecule has 0 atom stereocenters. The monoisotopic (exact) mass is 523 g/mol. The zero-order chi connectivity index (χ0) is 25.9. The van der Waals surface area contributed by atoms with Crippen molar-refractivity contribution in [1.29, 1.82) is 5.26 Å². The third kappa shape index (κ3) is 5.77. The molecule has 4 N–H and O–H groups in total. The van der Waals surface area contributed by atoms with E-state index in [9.17, 15) is 33.1 Å². The Hall–Kier alpha value is -3.94. The standard InChI is InChI=1S/C23H14Cl2F3N3O4/c24-13-6-11(2-1-5-30-22(34)35)20(32)16(8-13)19-9-14(17(10-29)21(33)31-19)15-7-12(23(26,27)28)3-4-18(15)25/h1-4,6-9,30,32H,5H2,(H,31,33)(H,34,35). The molecule has 0 bridgehead atoms. The summed E-state index contributed by atoms with van der Waals surface area (Å²) in [5, 5.41) is 31.0. The van der Waals surface area contributed by atoms with Crippen LogP contribution in [-0.4, -0.2) is 27.8 Å². The lowest BCUT2D eigenvalue weighted by atomic mass is 9.96. The van der Waals surface area contributed by atoms with E-state index in [1.807, 2.05) is 0 Å². The van der Waals surface area contributed by atoms with Crippen LogP contribution in [0.25, 0.3) is 28.5 Å². The number of alkyl halides is 3. The van der Waals surface area contributed by atoms with Gasteiger partial charge in [0.25, 0.3) is 5.56 Å². The topological polar surface area (TPSA) is 126 Å². The van der Waals surface area contributed by atoms with Crippen LogP contribution in [0, 0.1) is 11.3 Å². The quantitative estimate of drug-likeness (QED) is 0.331. The van der Waals surface area contributed by atoms with E-state index in [1.165, 1.54) is 30.4 Å².